The van der Waals surface area contributed by atoms with Gasteiger partial charge in [0.2, 0.25) is 0 Å². The van der Waals surface area contributed by atoms with Crippen molar-refractivity contribution in [2.24, 2.45) is 0 Å². The lowest BCUT2D eigenvalue weighted by Gasteiger charge is -2.15. The number of unbranched alkanes of at least 4 members (excludes halogenated alkanes) is 1. The van der Waals surface area contributed by atoms with Gasteiger partial charge in [0, 0.05) is 17.1 Å². The second kappa shape index (κ2) is 11.6. The second-order valence-electron chi connectivity index (χ2n) is 5.52. The van der Waals surface area contributed by atoms with E-state index in [0.29, 0.717) is 23.1 Å². The van der Waals surface area contributed by atoms with Crippen LogP contribution in [0.15, 0.2) is 40.9 Å². The van der Waals surface area contributed by atoms with Crippen LogP contribution in [0.5, 0.6) is 11.5 Å². The second-order valence-corrected chi connectivity index (χ2v) is 6.78. The number of rotatable bonds is 9. The van der Waals surface area contributed by atoms with E-state index in [2.05, 4.69) is 34.2 Å². The third kappa shape index (κ3) is 6.70. The standard InChI is InChI=1S/C19H23BrClNO2.ClH/c1-3-4-9-22-12-14-10-16(20)19(18(11-14)23-2)24-13-15-7-5-6-8-17(15)21;/h5-8,10-11,22H,3-4,9,12-13H2,1-2H3;1H. The highest BCUT2D eigenvalue weighted by atomic mass is 79.9. The molecule has 2 aromatic rings. The molecule has 0 spiro atoms. The Kier molecular flexibility index (Phi) is 10.3. The van der Waals surface area contributed by atoms with Crippen LogP contribution < -0.4 is 14.8 Å². The first-order valence-electron chi connectivity index (χ1n) is 8.09. The fourth-order valence-electron chi connectivity index (χ4n) is 2.32. The Morgan fingerprint density at radius 2 is 1.96 bits per heavy atom. The number of hydrogen-bond donors (Lipinski definition) is 1. The van der Waals surface area contributed by atoms with Crippen molar-refractivity contribution in [1.29, 1.82) is 0 Å². The summed E-state index contributed by atoms with van der Waals surface area (Å²) >= 11 is 9.77. The molecule has 2 rings (SSSR count). The van der Waals surface area contributed by atoms with Crippen molar-refractivity contribution in [3.63, 3.8) is 0 Å². The van der Waals surface area contributed by atoms with E-state index in [1.54, 1.807) is 7.11 Å². The molecule has 0 heterocycles. The minimum Gasteiger partial charge on any atom is -0.493 e. The Balaban J connectivity index is 0.00000312. The first-order valence-corrected chi connectivity index (χ1v) is 9.26. The van der Waals surface area contributed by atoms with E-state index >= 15 is 0 Å². The Bertz CT molecular complexity index is 668. The summed E-state index contributed by atoms with van der Waals surface area (Å²) in [4.78, 5) is 0. The van der Waals surface area contributed by atoms with Crippen molar-refractivity contribution in [2.45, 2.75) is 32.9 Å². The molecule has 0 aromatic heterocycles. The van der Waals surface area contributed by atoms with Crippen molar-refractivity contribution in [2.75, 3.05) is 13.7 Å². The molecule has 0 saturated heterocycles. The highest BCUT2D eigenvalue weighted by Crippen LogP contribution is 2.37. The minimum atomic E-state index is 0. The number of hydrogen-bond acceptors (Lipinski definition) is 3. The van der Waals surface area contributed by atoms with Gasteiger partial charge in [-0.1, -0.05) is 43.1 Å². The predicted octanol–water partition coefficient (Wildman–Crippen LogP) is 6.00. The van der Waals surface area contributed by atoms with Gasteiger partial charge in [-0.3, -0.25) is 0 Å². The number of ether oxygens (including phenoxy) is 2. The van der Waals surface area contributed by atoms with Crippen LogP contribution in [-0.4, -0.2) is 13.7 Å². The lowest BCUT2D eigenvalue weighted by Crippen LogP contribution is -2.14. The molecule has 25 heavy (non-hydrogen) atoms. The zero-order chi connectivity index (χ0) is 17.4. The fraction of sp³-hybridized carbons (Fsp3) is 0.368. The van der Waals surface area contributed by atoms with Crippen LogP contribution in [0.3, 0.4) is 0 Å². The summed E-state index contributed by atoms with van der Waals surface area (Å²) in [5, 5.41) is 4.13. The van der Waals surface area contributed by atoms with Gasteiger partial charge in [0.1, 0.15) is 6.61 Å². The quantitative estimate of drug-likeness (QED) is 0.477. The molecule has 0 aliphatic heterocycles. The minimum absolute atomic E-state index is 0. The first kappa shape index (κ1) is 22.1. The number of benzene rings is 2. The summed E-state index contributed by atoms with van der Waals surface area (Å²) in [6.45, 7) is 4.40. The van der Waals surface area contributed by atoms with Gasteiger partial charge in [0.25, 0.3) is 0 Å². The van der Waals surface area contributed by atoms with Crippen LogP contribution in [0.2, 0.25) is 5.02 Å². The van der Waals surface area contributed by atoms with Gasteiger partial charge in [-0.15, -0.1) is 12.4 Å². The van der Waals surface area contributed by atoms with E-state index in [1.165, 1.54) is 12.8 Å². The van der Waals surface area contributed by atoms with E-state index in [9.17, 15) is 0 Å². The number of halogens is 3. The van der Waals surface area contributed by atoms with Crippen molar-refractivity contribution in [3.05, 3.63) is 57.0 Å². The van der Waals surface area contributed by atoms with Crippen molar-refractivity contribution in [1.82, 2.24) is 5.32 Å². The van der Waals surface area contributed by atoms with Crippen LogP contribution in [0, 0.1) is 0 Å². The molecule has 0 saturated carbocycles. The van der Waals surface area contributed by atoms with Gasteiger partial charge < -0.3 is 14.8 Å². The molecule has 0 aliphatic carbocycles. The molecule has 0 bridgehead atoms. The molecule has 0 amide bonds. The summed E-state index contributed by atoms with van der Waals surface area (Å²) < 4.78 is 12.3. The summed E-state index contributed by atoms with van der Waals surface area (Å²) in [7, 11) is 1.65. The third-order valence-electron chi connectivity index (χ3n) is 3.66. The highest BCUT2D eigenvalue weighted by Gasteiger charge is 2.12. The van der Waals surface area contributed by atoms with Gasteiger partial charge in [-0.2, -0.15) is 0 Å². The largest absolute Gasteiger partial charge is 0.493 e. The van der Waals surface area contributed by atoms with Crippen LogP contribution in [0.4, 0.5) is 0 Å². The average Bonchev–Trinajstić information content (AvgIpc) is 2.58. The molecule has 0 unspecified atom stereocenters. The van der Waals surface area contributed by atoms with Gasteiger partial charge in [0.05, 0.1) is 11.6 Å². The molecule has 138 valence electrons. The summed E-state index contributed by atoms with van der Waals surface area (Å²) in [6, 6.07) is 11.7. The molecule has 0 radical (unpaired) electrons. The summed E-state index contributed by atoms with van der Waals surface area (Å²) in [6.07, 6.45) is 2.37. The molecule has 0 fully saturated rings. The number of nitrogens with one attached hydrogen (secondary N) is 1. The van der Waals surface area contributed by atoms with Crippen LogP contribution in [0.25, 0.3) is 0 Å². The van der Waals surface area contributed by atoms with Crippen LogP contribution in [0.1, 0.15) is 30.9 Å². The Morgan fingerprint density at radius 1 is 1.20 bits per heavy atom. The van der Waals surface area contributed by atoms with Gasteiger partial charge in [0.15, 0.2) is 11.5 Å². The van der Waals surface area contributed by atoms with Gasteiger partial charge >= 0.3 is 0 Å². The highest BCUT2D eigenvalue weighted by molar-refractivity contribution is 9.10. The molecule has 3 nitrogen and oxygen atoms in total. The Hall–Kier alpha value is -0.940. The topological polar surface area (TPSA) is 30.5 Å². The Labute approximate surface area is 169 Å². The third-order valence-corrected chi connectivity index (χ3v) is 4.61. The lowest BCUT2D eigenvalue weighted by atomic mass is 10.2. The lowest BCUT2D eigenvalue weighted by molar-refractivity contribution is 0.282. The van der Waals surface area contributed by atoms with Gasteiger partial charge in [-0.05, 0) is 52.7 Å². The molecular formula is C19H24BrCl2NO2. The molecule has 6 heteroatoms. The molecular weight excluding hydrogens is 425 g/mol. The van der Waals surface area contributed by atoms with Crippen LogP contribution >= 0.6 is 39.9 Å². The molecule has 2 aromatic carbocycles. The maximum absolute atomic E-state index is 6.18. The van der Waals surface area contributed by atoms with E-state index in [1.807, 2.05) is 30.3 Å². The van der Waals surface area contributed by atoms with Crippen molar-refractivity contribution in [3.8, 4) is 11.5 Å². The van der Waals surface area contributed by atoms with Crippen molar-refractivity contribution >= 4 is 39.9 Å². The SMILES string of the molecule is CCCCNCc1cc(Br)c(OCc2ccccc2Cl)c(OC)c1.Cl. The van der Waals surface area contributed by atoms with E-state index in [-0.39, 0.29) is 12.4 Å². The first-order chi connectivity index (χ1) is 11.7. The Morgan fingerprint density at radius 3 is 2.64 bits per heavy atom. The fourth-order valence-corrected chi connectivity index (χ4v) is 3.11. The van der Waals surface area contributed by atoms with E-state index in [0.717, 1.165) is 28.7 Å². The van der Waals surface area contributed by atoms with E-state index < -0.39 is 0 Å². The average molecular weight is 449 g/mol. The van der Waals surface area contributed by atoms with Crippen LogP contribution in [-0.2, 0) is 13.2 Å². The maximum atomic E-state index is 6.18. The smallest absolute Gasteiger partial charge is 0.175 e. The van der Waals surface area contributed by atoms with Gasteiger partial charge in [-0.25, -0.2) is 0 Å². The normalized spacial score (nSPS) is 10.2. The molecule has 0 aliphatic rings. The monoisotopic (exact) mass is 447 g/mol. The van der Waals surface area contributed by atoms with Crippen molar-refractivity contribution < 1.29 is 9.47 Å². The number of methoxy groups -OCH3 is 1. The molecule has 1 N–H and O–H groups in total. The van der Waals surface area contributed by atoms with E-state index in [4.69, 9.17) is 21.1 Å². The maximum Gasteiger partial charge on any atom is 0.175 e. The zero-order valence-corrected chi connectivity index (χ0v) is 17.6. The summed E-state index contributed by atoms with van der Waals surface area (Å²) in [5.74, 6) is 1.40. The zero-order valence-electron chi connectivity index (χ0n) is 14.5. The predicted molar refractivity (Wildman–Crippen MR) is 110 cm³/mol. The molecule has 0 atom stereocenters. The summed E-state index contributed by atoms with van der Waals surface area (Å²) in [5.41, 5.74) is 2.10.